The van der Waals surface area contributed by atoms with Crippen LogP contribution in [0, 0.1) is 0 Å². The van der Waals surface area contributed by atoms with Crippen LogP contribution in [0.2, 0.25) is 0 Å². The molecule has 1 unspecified atom stereocenters. The van der Waals surface area contributed by atoms with Crippen LogP contribution in [0.5, 0.6) is 0 Å². The molecule has 2 amide bonds. The minimum absolute atomic E-state index is 0.0245. The Balaban J connectivity index is 0.637. The summed E-state index contributed by atoms with van der Waals surface area (Å²) in [6, 6.07) is 5.36. The van der Waals surface area contributed by atoms with Gasteiger partial charge >= 0.3 is 5.69 Å². The number of nitrogens with one attached hydrogen (secondary N) is 3. The van der Waals surface area contributed by atoms with Gasteiger partial charge in [-0.1, -0.05) is 12.1 Å². The van der Waals surface area contributed by atoms with Crippen LogP contribution in [0.25, 0.3) is 22.1 Å². The Bertz CT molecular complexity index is 2200. The Morgan fingerprint density at radius 2 is 1.59 bits per heavy atom. The molecule has 1 aromatic carbocycles. The maximum atomic E-state index is 13.1. The zero-order chi connectivity index (χ0) is 43.5. The number of fused-ring (bicyclic) bond motifs is 2. The first-order valence-electron chi connectivity index (χ1n) is 22.9. The van der Waals surface area contributed by atoms with E-state index in [1.54, 1.807) is 19.4 Å². The maximum Gasteiger partial charge on any atom is 0.329 e. The van der Waals surface area contributed by atoms with Crippen LogP contribution in [0.3, 0.4) is 0 Å². The number of para-hydroxylation sites is 1. The van der Waals surface area contributed by atoms with Crippen LogP contribution in [0.4, 0.5) is 5.82 Å². The number of carbonyl (C=O) groups excluding carboxylic acids is 3. The molecule has 0 bridgehead atoms. The minimum Gasteiger partial charge on any atom is -0.381 e. The number of benzene rings is 1. The SMILES string of the molecule is Cn1c(=O)n(C2C(=O)CCNC2=O)c2cccc(CCCOCCOCCOCCOCC(=O)N3CCN(C4CCC(Nc5ncnc6[nH]cc(C7CCOCC7)c56)CC4)CC3)c21. The minimum atomic E-state index is -1.14. The number of imidazole rings is 1. The van der Waals surface area contributed by atoms with Crippen molar-refractivity contribution in [2.45, 2.75) is 81.8 Å². The Labute approximate surface area is 367 Å². The van der Waals surface area contributed by atoms with E-state index in [9.17, 15) is 19.2 Å². The first-order valence-corrected chi connectivity index (χ1v) is 22.9. The molecule has 1 aliphatic carbocycles. The lowest BCUT2D eigenvalue weighted by Crippen LogP contribution is -2.53. The Kier molecular flexibility index (Phi) is 15.5. The predicted octanol–water partition coefficient (Wildman–Crippen LogP) is 2.70. The molecule has 3 aliphatic heterocycles. The third-order valence-corrected chi connectivity index (χ3v) is 13.1. The van der Waals surface area contributed by atoms with E-state index in [1.807, 2.05) is 17.0 Å². The summed E-state index contributed by atoms with van der Waals surface area (Å²) < 4.78 is 31.1. The highest BCUT2D eigenvalue weighted by atomic mass is 16.6. The lowest BCUT2D eigenvalue weighted by atomic mass is 9.89. The van der Waals surface area contributed by atoms with E-state index < -0.39 is 11.9 Å². The van der Waals surface area contributed by atoms with E-state index in [0.717, 1.165) is 112 Å². The van der Waals surface area contributed by atoms with Gasteiger partial charge in [-0.3, -0.25) is 28.4 Å². The number of rotatable bonds is 20. The van der Waals surface area contributed by atoms with E-state index in [0.29, 0.717) is 82.7 Å². The van der Waals surface area contributed by atoms with E-state index >= 15 is 0 Å². The van der Waals surface area contributed by atoms with Gasteiger partial charge in [0.15, 0.2) is 11.8 Å². The van der Waals surface area contributed by atoms with Crippen molar-refractivity contribution in [2.75, 3.05) is 104 Å². The standard InChI is InChI=1S/C45H63N9O9/c1-51-40-32(4-2-6-36(40)54(45(51)58)41-37(55)11-14-46-44(41)57)5-3-19-59-22-23-61-24-25-62-26-27-63-29-38(56)53-17-15-52(16-18-53)34-9-7-33(8-10-34)50-43-39-35(31-12-20-60-21-13-31)28-47-42(39)48-30-49-43/h2,4,6,28,30-31,33-34,41H,3,5,7-27,29H2,1H3,(H,46,57)(H2,47,48,49,50). The average Bonchev–Trinajstić information content (AvgIpc) is 3.86. The number of H-pyrrole nitrogens is 1. The summed E-state index contributed by atoms with van der Waals surface area (Å²) in [7, 11) is 1.67. The monoisotopic (exact) mass is 873 g/mol. The number of aryl methyl sites for hydroxylation is 2. The molecule has 6 heterocycles. The first kappa shape index (κ1) is 44.9. The van der Waals surface area contributed by atoms with Crippen LogP contribution in [0.1, 0.15) is 74.5 Å². The number of aromatic nitrogens is 5. The van der Waals surface area contributed by atoms with Gasteiger partial charge in [0.25, 0.3) is 5.91 Å². The number of hydrogen-bond acceptors (Lipinski definition) is 13. The quantitative estimate of drug-likeness (QED) is 0.0868. The van der Waals surface area contributed by atoms with Gasteiger partial charge in [-0.05, 0) is 74.5 Å². The van der Waals surface area contributed by atoms with Crippen LogP contribution in [0.15, 0.2) is 35.5 Å². The molecular weight excluding hydrogens is 811 g/mol. The molecule has 4 aromatic rings. The van der Waals surface area contributed by atoms with Gasteiger partial charge in [0.1, 0.15) is 24.4 Å². The average molecular weight is 874 g/mol. The van der Waals surface area contributed by atoms with Gasteiger partial charge in [0.05, 0.1) is 56.1 Å². The molecule has 18 heteroatoms. The number of piperazine rings is 1. The summed E-state index contributed by atoms with van der Waals surface area (Å²) in [6.07, 6.45) is 11.8. The fourth-order valence-electron chi connectivity index (χ4n) is 9.74. The number of hydrogen-bond donors (Lipinski definition) is 3. The van der Waals surface area contributed by atoms with Gasteiger partial charge in [-0.2, -0.15) is 0 Å². The smallest absolute Gasteiger partial charge is 0.329 e. The van der Waals surface area contributed by atoms with Crippen LogP contribution in [-0.2, 0) is 51.5 Å². The molecule has 63 heavy (non-hydrogen) atoms. The molecule has 1 saturated carbocycles. The summed E-state index contributed by atoms with van der Waals surface area (Å²) in [5.74, 6) is 0.738. The maximum absolute atomic E-state index is 13.1. The highest BCUT2D eigenvalue weighted by molar-refractivity contribution is 6.06. The lowest BCUT2D eigenvalue weighted by molar-refractivity contribution is -0.139. The van der Waals surface area contributed by atoms with Crippen molar-refractivity contribution in [2.24, 2.45) is 7.05 Å². The van der Waals surface area contributed by atoms with Gasteiger partial charge in [0.2, 0.25) is 5.91 Å². The predicted molar refractivity (Wildman–Crippen MR) is 235 cm³/mol. The Morgan fingerprint density at radius 3 is 2.32 bits per heavy atom. The van der Waals surface area contributed by atoms with E-state index in [-0.39, 0.29) is 30.4 Å². The van der Waals surface area contributed by atoms with Crippen LogP contribution >= 0.6 is 0 Å². The molecule has 0 radical (unpaired) electrons. The highest BCUT2D eigenvalue weighted by Crippen LogP contribution is 2.36. The van der Waals surface area contributed by atoms with Crippen molar-refractivity contribution in [1.29, 1.82) is 0 Å². The topological polar surface area (TPSA) is 196 Å². The van der Waals surface area contributed by atoms with Gasteiger partial charge in [-0.15, -0.1) is 0 Å². The normalized spacial score (nSPS) is 21.7. The number of nitrogens with zero attached hydrogens (tertiary/aromatic N) is 6. The van der Waals surface area contributed by atoms with E-state index in [4.69, 9.17) is 23.7 Å². The second-order valence-corrected chi connectivity index (χ2v) is 17.0. The van der Waals surface area contributed by atoms with Crippen molar-refractivity contribution in [3.8, 4) is 0 Å². The number of piperidine rings is 1. The molecule has 3 aromatic heterocycles. The van der Waals surface area contributed by atoms with E-state index in [1.165, 1.54) is 14.7 Å². The Hall–Kier alpha value is -4.72. The molecule has 1 atom stereocenters. The number of aromatic amines is 1. The molecule has 4 fully saturated rings. The van der Waals surface area contributed by atoms with Crippen molar-refractivity contribution >= 4 is 45.5 Å². The molecule has 342 valence electrons. The largest absolute Gasteiger partial charge is 0.381 e. The molecule has 0 spiro atoms. The number of ether oxygens (including phenoxy) is 5. The molecule has 3 saturated heterocycles. The number of ketones is 1. The molecular formula is C45H63N9O9. The second kappa shape index (κ2) is 21.8. The van der Waals surface area contributed by atoms with E-state index in [2.05, 4.69) is 36.7 Å². The molecule has 4 aliphatic rings. The zero-order valence-electron chi connectivity index (χ0n) is 36.5. The van der Waals surface area contributed by atoms with Crippen molar-refractivity contribution in [3.63, 3.8) is 0 Å². The molecule has 18 nitrogen and oxygen atoms in total. The fourth-order valence-corrected chi connectivity index (χ4v) is 9.74. The second-order valence-electron chi connectivity index (χ2n) is 17.0. The number of carbonyl (C=O) groups is 3. The summed E-state index contributed by atoms with van der Waals surface area (Å²) in [5.41, 5.74) is 4.07. The summed E-state index contributed by atoms with van der Waals surface area (Å²) in [4.78, 5) is 68.2. The van der Waals surface area contributed by atoms with Crippen LogP contribution < -0.4 is 16.3 Å². The Morgan fingerprint density at radius 1 is 0.873 bits per heavy atom. The highest BCUT2D eigenvalue weighted by Gasteiger charge is 2.35. The number of anilines is 1. The van der Waals surface area contributed by atoms with Crippen molar-refractivity contribution in [3.05, 3.63) is 52.3 Å². The lowest BCUT2D eigenvalue weighted by Gasteiger charge is -2.42. The molecule has 8 rings (SSSR count). The van der Waals surface area contributed by atoms with Crippen LogP contribution in [-0.4, -0.2) is 162 Å². The summed E-state index contributed by atoms with van der Waals surface area (Å²) in [5, 5.41) is 7.61. The van der Waals surface area contributed by atoms with Crippen molar-refractivity contribution < 1.29 is 38.1 Å². The summed E-state index contributed by atoms with van der Waals surface area (Å²) in [6.45, 7) is 8.13. The molecule has 3 N–H and O–H groups in total. The van der Waals surface area contributed by atoms with Gasteiger partial charge < -0.3 is 44.2 Å². The third kappa shape index (κ3) is 10.8. The third-order valence-electron chi connectivity index (χ3n) is 13.1. The van der Waals surface area contributed by atoms with Gasteiger partial charge in [0, 0.05) is 84.3 Å². The fraction of sp³-hybridized carbons (Fsp3) is 0.644. The van der Waals surface area contributed by atoms with Crippen molar-refractivity contribution in [1.82, 2.24) is 39.2 Å². The first-order chi connectivity index (χ1) is 30.9. The number of amides is 2. The zero-order valence-corrected chi connectivity index (χ0v) is 36.5. The number of Topliss-reactive ketones (excluding diaryl/α,β-unsaturated/α-hetero) is 1. The van der Waals surface area contributed by atoms with Gasteiger partial charge in [-0.25, -0.2) is 14.8 Å². The summed E-state index contributed by atoms with van der Waals surface area (Å²) >= 11 is 0.